The lowest BCUT2D eigenvalue weighted by atomic mass is 9.94. The molecule has 2 atom stereocenters. The second-order valence-corrected chi connectivity index (χ2v) is 9.61. The van der Waals surface area contributed by atoms with Crippen LogP contribution < -0.4 is 0 Å². The highest BCUT2D eigenvalue weighted by Crippen LogP contribution is 2.29. The molecule has 0 N–H and O–H groups in total. The summed E-state index contributed by atoms with van der Waals surface area (Å²) in [6.45, 7) is 6.67. The molecule has 10 heteroatoms. The van der Waals surface area contributed by atoms with Crippen LogP contribution in [-0.4, -0.2) is 67.4 Å². The molecule has 2 aliphatic heterocycles. The van der Waals surface area contributed by atoms with Crippen molar-refractivity contribution in [3.63, 3.8) is 0 Å². The molecular weight excluding hydrogens is 398 g/mol. The Kier molecular flexibility index (Phi) is 6.62. The van der Waals surface area contributed by atoms with Crippen LogP contribution in [0.4, 0.5) is 0 Å². The van der Waals surface area contributed by atoms with Crippen molar-refractivity contribution < 1.29 is 27.3 Å². The van der Waals surface area contributed by atoms with E-state index in [4.69, 9.17) is 9.26 Å². The summed E-state index contributed by atoms with van der Waals surface area (Å²) in [7, 11) is -3.78. The van der Waals surface area contributed by atoms with E-state index >= 15 is 0 Å². The number of hydrogen-bond donors (Lipinski definition) is 0. The SMILES string of the molecule is CCOC(=O)C1CCCN(C(=O)C2CCCN(S(=O)(=O)c3c(C)noc3C)C2)C1. The monoisotopic (exact) mass is 427 g/mol. The van der Waals surface area contributed by atoms with Crippen molar-refractivity contribution in [3.8, 4) is 0 Å². The fourth-order valence-corrected chi connectivity index (χ4v) is 6.04. The first kappa shape index (κ1) is 21.8. The Labute approximate surface area is 171 Å². The standard InChI is InChI=1S/C19H29N3O6S/c1-4-27-19(24)16-8-5-9-21(11-16)18(23)15-7-6-10-22(12-15)29(25,26)17-13(2)20-28-14(17)3/h15-16H,4-12H2,1-3H3. The Morgan fingerprint density at radius 1 is 1.14 bits per heavy atom. The van der Waals surface area contributed by atoms with Gasteiger partial charge in [0, 0.05) is 26.2 Å². The number of hydrogen-bond acceptors (Lipinski definition) is 7. The Morgan fingerprint density at radius 2 is 1.83 bits per heavy atom. The van der Waals surface area contributed by atoms with Crippen LogP contribution in [0.15, 0.2) is 9.42 Å². The molecule has 0 saturated carbocycles. The summed E-state index contributed by atoms with van der Waals surface area (Å²) < 4.78 is 37.7. The molecule has 1 amide bonds. The molecule has 29 heavy (non-hydrogen) atoms. The minimum atomic E-state index is -3.78. The molecule has 2 fully saturated rings. The molecule has 2 unspecified atom stereocenters. The van der Waals surface area contributed by atoms with E-state index in [0.717, 1.165) is 6.42 Å². The lowest BCUT2D eigenvalue weighted by Crippen LogP contribution is -2.50. The summed E-state index contributed by atoms with van der Waals surface area (Å²) in [6, 6.07) is 0. The number of sulfonamides is 1. The average Bonchev–Trinajstić information content (AvgIpc) is 3.06. The van der Waals surface area contributed by atoms with Crippen LogP contribution in [0.1, 0.15) is 44.1 Å². The smallest absolute Gasteiger partial charge is 0.310 e. The van der Waals surface area contributed by atoms with Crippen molar-refractivity contribution >= 4 is 21.9 Å². The molecule has 9 nitrogen and oxygen atoms in total. The Bertz CT molecular complexity index is 846. The second-order valence-electron chi connectivity index (χ2n) is 7.73. The van der Waals surface area contributed by atoms with Gasteiger partial charge in [0.1, 0.15) is 10.6 Å². The molecule has 2 aliphatic rings. The minimum absolute atomic E-state index is 0.0855. The van der Waals surface area contributed by atoms with Crippen LogP contribution >= 0.6 is 0 Å². The van der Waals surface area contributed by atoms with E-state index in [1.54, 1.807) is 25.7 Å². The number of ether oxygens (including phenoxy) is 1. The van der Waals surface area contributed by atoms with Crippen LogP contribution in [0.5, 0.6) is 0 Å². The number of esters is 1. The lowest BCUT2D eigenvalue weighted by molar-refractivity contribution is -0.152. The quantitative estimate of drug-likeness (QED) is 0.655. The largest absolute Gasteiger partial charge is 0.466 e. The van der Waals surface area contributed by atoms with Crippen molar-refractivity contribution in [1.82, 2.24) is 14.4 Å². The van der Waals surface area contributed by atoms with E-state index in [1.807, 2.05) is 0 Å². The molecule has 0 bridgehead atoms. The predicted octanol–water partition coefficient (Wildman–Crippen LogP) is 1.49. The third-order valence-electron chi connectivity index (χ3n) is 5.65. The molecule has 3 heterocycles. The number of likely N-dealkylation sites (tertiary alicyclic amines) is 1. The van der Waals surface area contributed by atoms with Crippen molar-refractivity contribution in [2.24, 2.45) is 11.8 Å². The maximum absolute atomic E-state index is 13.1. The molecule has 1 aromatic rings. The van der Waals surface area contributed by atoms with Gasteiger partial charge in [0.05, 0.1) is 18.4 Å². The fourth-order valence-electron chi connectivity index (χ4n) is 4.22. The highest BCUT2D eigenvalue weighted by molar-refractivity contribution is 7.89. The van der Waals surface area contributed by atoms with Gasteiger partial charge in [-0.1, -0.05) is 5.16 Å². The molecule has 0 aromatic carbocycles. The number of amides is 1. The van der Waals surface area contributed by atoms with Gasteiger partial charge in [-0.3, -0.25) is 9.59 Å². The zero-order chi connectivity index (χ0) is 21.2. The van der Waals surface area contributed by atoms with E-state index in [2.05, 4.69) is 5.16 Å². The number of rotatable bonds is 5. The van der Waals surface area contributed by atoms with Crippen LogP contribution in [-0.2, 0) is 24.3 Å². The van der Waals surface area contributed by atoms with Gasteiger partial charge in [0.2, 0.25) is 15.9 Å². The molecule has 2 saturated heterocycles. The summed E-state index contributed by atoms with van der Waals surface area (Å²) in [5.41, 5.74) is 0.323. The van der Waals surface area contributed by atoms with Gasteiger partial charge >= 0.3 is 5.97 Å². The first-order chi connectivity index (χ1) is 13.8. The number of aromatic nitrogens is 1. The van der Waals surface area contributed by atoms with E-state index in [-0.39, 0.29) is 35.0 Å². The first-order valence-electron chi connectivity index (χ1n) is 10.1. The van der Waals surface area contributed by atoms with Crippen molar-refractivity contribution in [2.75, 3.05) is 32.8 Å². The van der Waals surface area contributed by atoms with Gasteiger partial charge in [0.25, 0.3) is 0 Å². The third-order valence-corrected chi connectivity index (χ3v) is 7.76. The van der Waals surface area contributed by atoms with Crippen LogP contribution in [0.2, 0.25) is 0 Å². The highest BCUT2D eigenvalue weighted by atomic mass is 32.2. The fraction of sp³-hybridized carbons (Fsp3) is 0.737. The van der Waals surface area contributed by atoms with Gasteiger partial charge in [-0.2, -0.15) is 4.31 Å². The van der Waals surface area contributed by atoms with Crippen LogP contribution in [0, 0.1) is 25.7 Å². The Hall–Kier alpha value is -1.94. The summed E-state index contributed by atoms with van der Waals surface area (Å²) >= 11 is 0. The topological polar surface area (TPSA) is 110 Å². The third kappa shape index (κ3) is 4.48. The second kappa shape index (κ2) is 8.83. The van der Waals surface area contributed by atoms with Crippen molar-refractivity contribution in [1.29, 1.82) is 0 Å². The van der Waals surface area contributed by atoms with E-state index in [9.17, 15) is 18.0 Å². The minimum Gasteiger partial charge on any atom is -0.466 e. The molecule has 3 rings (SSSR count). The Balaban J connectivity index is 1.70. The lowest BCUT2D eigenvalue weighted by Gasteiger charge is -2.37. The zero-order valence-corrected chi connectivity index (χ0v) is 18.0. The highest BCUT2D eigenvalue weighted by Gasteiger charge is 2.39. The average molecular weight is 428 g/mol. The summed E-state index contributed by atoms with van der Waals surface area (Å²) in [5, 5.41) is 3.74. The first-order valence-corrected chi connectivity index (χ1v) is 11.6. The van der Waals surface area contributed by atoms with Gasteiger partial charge < -0.3 is 14.2 Å². The van der Waals surface area contributed by atoms with Crippen LogP contribution in [0.25, 0.3) is 0 Å². The predicted molar refractivity (Wildman–Crippen MR) is 103 cm³/mol. The zero-order valence-electron chi connectivity index (χ0n) is 17.2. The summed E-state index contributed by atoms with van der Waals surface area (Å²) in [6.07, 6.45) is 2.68. The summed E-state index contributed by atoms with van der Waals surface area (Å²) in [4.78, 5) is 26.9. The van der Waals surface area contributed by atoms with E-state index in [0.29, 0.717) is 51.2 Å². The molecule has 0 aliphatic carbocycles. The number of carbonyl (C=O) groups is 2. The number of nitrogens with zero attached hydrogens (tertiary/aromatic N) is 3. The molecular formula is C19H29N3O6S. The summed E-state index contributed by atoms with van der Waals surface area (Å²) in [5.74, 6) is -0.823. The van der Waals surface area contributed by atoms with Crippen LogP contribution in [0.3, 0.4) is 0 Å². The van der Waals surface area contributed by atoms with Crippen molar-refractivity contribution in [2.45, 2.75) is 51.3 Å². The molecule has 162 valence electrons. The van der Waals surface area contributed by atoms with E-state index < -0.39 is 15.9 Å². The number of aryl methyl sites for hydroxylation is 2. The maximum Gasteiger partial charge on any atom is 0.310 e. The molecule has 1 aromatic heterocycles. The van der Waals surface area contributed by atoms with Gasteiger partial charge in [0.15, 0.2) is 5.76 Å². The van der Waals surface area contributed by atoms with E-state index in [1.165, 1.54) is 4.31 Å². The maximum atomic E-state index is 13.1. The van der Waals surface area contributed by atoms with Gasteiger partial charge in [-0.15, -0.1) is 0 Å². The number of carbonyl (C=O) groups excluding carboxylic acids is 2. The van der Waals surface area contributed by atoms with Gasteiger partial charge in [-0.25, -0.2) is 8.42 Å². The van der Waals surface area contributed by atoms with Gasteiger partial charge in [-0.05, 0) is 46.5 Å². The molecule has 0 spiro atoms. The van der Waals surface area contributed by atoms with Crippen molar-refractivity contribution in [3.05, 3.63) is 11.5 Å². The Morgan fingerprint density at radius 3 is 2.48 bits per heavy atom. The normalized spacial score (nSPS) is 23.8. The number of piperidine rings is 2. The molecule has 0 radical (unpaired) electrons.